The van der Waals surface area contributed by atoms with E-state index < -0.39 is 67.0 Å². The molecule has 0 radical (unpaired) electrons. The van der Waals surface area contributed by atoms with E-state index in [4.69, 9.17) is 4.74 Å². The molecule has 0 spiro atoms. The van der Waals surface area contributed by atoms with Crippen molar-refractivity contribution < 1.29 is 55.5 Å². The molecule has 0 saturated heterocycles. The summed E-state index contributed by atoms with van der Waals surface area (Å²) in [4.78, 5) is 12.9. The number of esters is 1. The van der Waals surface area contributed by atoms with E-state index in [1.54, 1.807) is 0 Å². The first-order valence-electron chi connectivity index (χ1n) is 21.2. The van der Waals surface area contributed by atoms with Crippen LogP contribution in [0.2, 0.25) is 0 Å². The zero-order chi connectivity index (χ0) is 39.6. The first kappa shape index (κ1) is 49.9. The van der Waals surface area contributed by atoms with Crippen LogP contribution in [0.4, 0.5) is 0 Å². The lowest BCUT2D eigenvalue weighted by Gasteiger charge is -2.26. The van der Waals surface area contributed by atoms with E-state index >= 15 is 0 Å². The monoisotopic (exact) mass is 761 g/mol. The van der Waals surface area contributed by atoms with Gasteiger partial charge in [0.25, 0.3) is 0 Å². The Morgan fingerprint density at radius 1 is 0.547 bits per heavy atom. The van der Waals surface area contributed by atoms with Crippen molar-refractivity contribution in [2.24, 2.45) is 5.92 Å². The van der Waals surface area contributed by atoms with Crippen LogP contribution in [0.1, 0.15) is 181 Å². The van der Waals surface area contributed by atoms with Crippen LogP contribution in [0.15, 0.2) is 11.6 Å². The molecule has 53 heavy (non-hydrogen) atoms. The van der Waals surface area contributed by atoms with E-state index in [0.29, 0.717) is 122 Å². The second-order valence-electron chi connectivity index (χ2n) is 16.5. The van der Waals surface area contributed by atoms with Crippen molar-refractivity contribution in [3.05, 3.63) is 11.6 Å². The standard InChI is InChI=1S/C42H80O11/c1-4-5-13-31(3)41-29-39(50)24-11-23-38(49)28-40(51)27-37(48)22-10-19-34(45)17-8-15-32(43)14-7-16-33(44)18-9-21-36(47)26-35(46)20-6-12-30(2)25-42(52)53-41/h25,31-41,43-51H,4-24,26-29H2,1-3H3/t31?,32?,33?,34?,35?,36?,37-,38-,39-,40-,41?/m0/s1. The zero-order valence-electron chi connectivity index (χ0n) is 33.4. The molecule has 11 nitrogen and oxygen atoms in total. The van der Waals surface area contributed by atoms with Crippen LogP contribution < -0.4 is 0 Å². The van der Waals surface area contributed by atoms with Crippen LogP contribution in [-0.2, 0) is 9.53 Å². The van der Waals surface area contributed by atoms with Crippen molar-refractivity contribution in [1.82, 2.24) is 0 Å². The molecule has 9 N–H and O–H groups in total. The highest BCUT2D eigenvalue weighted by molar-refractivity contribution is 5.82. The SMILES string of the molecule is CCCCC(C)C1C[C@@H](O)CCC[C@H](O)C[C@@H](O)C[C@@H](O)CCCC(O)CCCC(O)CCCC(O)CCCC(O)CC(O)CCCC(C)=CC(=O)O1. The zero-order valence-corrected chi connectivity index (χ0v) is 33.4. The number of hydrogen-bond acceptors (Lipinski definition) is 11. The van der Waals surface area contributed by atoms with Crippen molar-refractivity contribution in [2.75, 3.05) is 0 Å². The van der Waals surface area contributed by atoms with Crippen LogP contribution in [0.25, 0.3) is 0 Å². The van der Waals surface area contributed by atoms with Gasteiger partial charge >= 0.3 is 5.97 Å². The average molecular weight is 761 g/mol. The van der Waals surface area contributed by atoms with E-state index in [1.165, 1.54) is 6.08 Å². The summed E-state index contributed by atoms with van der Waals surface area (Å²) in [5.74, 6) is -0.397. The normalized spacial score (nSPS) is 34.7. The van der Waals surface area contributed by atoms with E-state index in [2.05, 4.69) is 6.92 Å². The average Bonchev–Trinajstić information content (AvgIpc) is 3.06. The van der Waals surface area contributed by atoms with Crippen LogP contribution in [0.5, 0.6) is 0 Å². The fraction of sp³-hybridized carbons (Fsp3) is 0.929. The smallest absolute Gasteiger partial charge is 0.330 e. The molecule has 11 heteroatoms. The molecule has 0 aromatic carbocycles. The summed E-state index contributed by atoms with van der Waals surface area (Å²) in [6.45, 7) is 5.99. The van der Waals surface area contributed by atoms with Crippen molar-refractivity contribution in [3.8, 4) is 0 Å². The molecule has 0 aromatic heterocycles. The minimum Gasteiger partial charge on any atom is -0.459 e. The molecule has 1 heterocycles. The van der Waals surface area contributed by atoms with Crippen molar-refractivity contribution in [3.63, 3.8) is 0 Å². The number of rotatable bonds is 4. The fourth-order valence-corrected chi connectivity index (χ4v) is 7.46. The molecular weight excluding hydrogens is 680 g/mol. The maximum atomic E-state index is 12.9. The summed E-state index contributed by atoms with van der Waals surface area (Å²) in [7, 11) is 0. The third kappa shape index (κ3) is 27.2. The molecule has 1 rings (SSSR count). The number of hydrogen-bond donors (Lipinski definition) is 9. The van der Waals surface area contributed by atoms with Gasteiger partial charge in [0.1, 0.15) is 6.10 Å². The van der Waals surface area contributed by atoms with Gasteiger partial charge in [-0.05, 0) is 154 Å². The third-order valence-electron chi connectivity index (χ3n) is 10.9. The number of unbranched alkanes of at least 4 members (excludes halogenated alkanes) is 1. The molecule has 0 saturated carbocycles. The van der Waals surface area contributed by atoms with Crippen molar-refractivity contribution >= 4 is 5.97 Å². The molecule has 314 valence electrons. The lowest BCUT2D eigenvalue weighted by atomic mass is 9.92. The molecule has 0 aliphatic carbocycles. The number of cyclic esters (lactones) is 1. The lowest BCUT2D eigenvalue weighted by Crippen LogP contribution is -2.29. The summed E-state index contributed by atoms with van der Waals surface area (Å²) < 4.78 is 5.88. The van der Waals surface area contributed by atoms with Gasteiger partial charge in [0.2, 0.25) is 0 Å². The minimum atomic E-state index is -0.869. The van der Waals surface area contributed by atoms with Crippen molar-refractivity contribution in [2.45, 2.75) is 242 Å². The fourth-order valence-electron chi connectivity index (χ4n) is 7.46. The van der Waals surface area contributed by atoms with Gasteiger partial charge in [-0.15, -0.1) is 0 Å². The highest BCUT2D eigenvalue weighted by Crippen LogP contribution is 2.24. The maximum absolute atomic E-state index is 12.9. The Morgan fingerprint density at radius 3 is 1.28 bits per heavy atom. The van der Waals surface area contributed by atoms with Crippen molar-refractivity contribution in [1.29, 1.82) is 0 Å². The van der Waals surface area contributed by atoms with Gasteiger partial charge in [0.05, 0.1) is 54.9 Å². The minimum absolute atomic E-state index is 0.0578. The highest BCUT2D eigenvalue weighted by Gasteiger charge is 2.25. The number of ether oxygens (including phenoxy) is 1. The molecule has 0 amide bonds. The summed E-state index contributed by atoms with van der Waals surface area (Å²) in [5, 5.41) is 94.2. The Morgan fingerprint density at radius 2 is 0.887 bits per heavy atom. The molecule has 1 aliphatic rings. The van der Waals surface area contributed by atoms with E-state index in [0.717, 1.165) is 24.8 Å². The Labute approximate surface area is 320 Å². The quantitative estimate of drug-likeness (QED) is 0.163. The van der Waals surface area contributed by atoms with Gasteiger partial charge < -0.3 is 50.7 Å². The Kier molecular flexibility index (Phi) is 28.3. The predicted octanol–water partition coefficient (Wildman–Crippen LogP) is 5.51. The lowest BCUT2D eigenvalue weighted by molar-refractivity contribution is -0.147. The van der Waals surface area contributed by atoms with Gasteiger partial charge in [-0.3, -0.25) is 0 Å². The van der Waals surface area contributed by atoms with Crippen LogP contribution in [0, 0.1) is 5.92 Å². The Bertz CT molecular complexity index is 933. The summed E-state index contributed by atoms with van der Waals surface area (Å²) in [6.07, 6.45) is 8.57. The molecular formula is C42H80O11. The molecule has 11 atom stereocenters. The molecule has 0 bridgehead atoms. The Balaban J connectivity index is 2.79. The summed E-state index contributed by atoms with van der Waals surface area (Å²) in [5.41, 5.74) is 0.829. The number of aliphatic hydroxyl groups is 9. The number of allylic oxidation sites excluding steroid dienone is 1. The van der Waals surface area contributed by atoms with Crippen LogP contribution in [-0.4, -0.2) is 113 Å². The summed E-state index contributed by atoms with van der Waals surface area (Å²) in [6, 6.07) is 0. The largest absolute Gasteiger partial charge is 0.459 e. The van der Waals surface area contributed by atoms with E-state index in [9.17, 15) is 50.8 Å². The predicted molar refractivity (Wildman–Crippen MR) is 208 cm³/mol. The van der Waals surface area contributed by atoms with Gasteiger partial charge in [0.15, 0.2) is 0 Å². The highest BCUT2D eigenvalue weighted by atomic mass is 16.5. The first-order chi connectivity index (χ1) is 25.2. The second-order valence-corrected chi connectivity index (χ2v) is 16.5. The molecule has 0 aromatic rings. The van der Waals surface area contributed by atoms with Gasteiger partial charge in [-0.1, -0.05) is 32.3 Å². The molecule has 0 fully saturated rings. The molecule has 1 aliphatic heterocycles. The van der Waals surface area contributed by atoms with Crippen LogP contribution in [0.3, 0.4) is 0 Å². The Hall–Kier alpha value is -1.15. The topological polar surface area (TPSA) is 208 Å². The van der Waals surface area contributed by atoms with Crippen LogP contribution >= 0.6 is 0 Å². The number of carbonyl (C=O) groups excluding carboxylic acids is 1. The second kappa shape index (κ2) is 30.0. The maximum Gasteiger partial charge on any atom is 0.330 e. The van der Waals surface area contributed by atoms with E-state index in [1.807, 2.05) is 13.8 Å². The van der Waals surface area contributed by atoms with Gasteiger partial charge in [0, 0.05) is 12.5 Å². The summed E-state index contributed by atoms with van der Waals surface area (Å²) >= 11 is 0. The van der Waals surface area contributed by atoms with E-state index in [-0.39, 0.29) is 25.2 Å². The van der Waals surface area contributed by atoms with Gasteiger partial charge in [-0.2, -0.15) is 0 Å². The molecule has 7 unspecified atom stereocenters. The van der Waals surface area contributed by atoms with Gasteiger partial charge in [-0.25, -0.2) is 4.79 Å². The number of aliphatic hydroxyl groups excluding tert-OH is 9. The first-order valence-corrected chi connectivity index (χ1v) is 21.2. The third-order valence-corrected chi connectivity index (χ3v) is 10.9. The number of carbonyl (C=O) groups is 1.